The molecular weight excluding hydrogens is 272 g/mol. The first kappa shape index (κ1) is 15.5. The number of hydrogen-bond donors (Lipinski definition) is 0. The SMILES string of the molecule is CCCC[N+]12CCC(CC1)CC2C(=O)N(C)c1ccccc1. The van der Waals surface area contributed by atoms with Crippen molar-refractivity contribution in [2.75, 3.05) is 31.6 Å². The van der Waals surface area contributed by atoms with Crippen LogP contribution in [0.5, 0.6) is 0 Å². The maximum absolute atomic E-state index is 13.2. The molecule has 0 aliphatic carbocycles. The molecule has 1 amide bonds. The van der Waals surface area contributed by atoms with Crippen molar-refractivity contribution >= 4 is 11.6 Å². The van der Waals surface area contributed by atoms with Crippen molar-refractivity contribution in [1.82, 2.24) is 0 Å². The molecule has 1 unspecified atom stereocenters. The number of anilines is 1. The van der Waals surface area contributed by atoms with Crippen LogP contribution in [-0.4, -0.2) is 43.1 Å². The maximum Gasteiger partial charge on any atom is 0.285 e. The van der Waals surface area contributed by atoms with Gasteiger partial charge in [-0.15, -0.1) is 0 Å². The van der Waals surface area contributed by atoms with Crippen molar-refractivity contribution in [2.45, 2.75) is 45.1 Å². The fourth-order valence-electron chi connectivity index (χ4n) is 4.41. The number of fused-ring (bicyclic) bond motifs is 3. The molecule has 0 saturated carbocycles. The molecule has 3 heteroatoms. The van der Waals surface area contributed by atoms with E-state index in [1.54, 1.807) is 0 Å². The Morgan fingerprint density at radius 1 is 1.23 bits per heavy atom. The van der Waals surface area contributed by atoms with Crippen molar-refractivity contribution < 1.29 is 9.28 Å². The third-order valence-corrected chi connectivity index (χ3v) is 5.90. The van der Waals surface area contributed by atoms with Gasteiger partial charge in [-0.05, 0) is 37.3 Å². The number of quaternary nitrogens is 1. The van der Waals surface area contributed by atoms with Crippen molar-refractivity contribution in [3.05, 3.63) is 30.3 Å². The zero-order valence-corrected chi connectivity index (χ0v) is 14.0. The molecule has 1 aromatic rings. The quantitative estimate of drug-likeness (QED) is 0.763. The number of nitrogens with zero attached hydrogens (tertiary/aromatic N) is 2. The van der Waals surface area contributed by atoms with E-state index in [9.17, 15) is 4.79 Å². The summed E-state index contributed by atoms with van der Waals surface area (Å²) in [5.41, 5.74) is 1.02. The van der Waals surface area contributed by atoms with Crippen molar-refractivity contribution in [2.24, 2.45) is 5.92 Å². The van der Waals surface area contributed by atoms with Gasteiger partial charge < -0.3 is 9.38 Å². The zero-order chi connectivity index (χ0) is 15.6. The lowest BCUT2D eigenvalue weighted by atomic mass is 9.79. The fraction of sp³-hybridized carbons (Fsp3) is 0.632. The molecule has 4 rings (SSSR count). The van der Waals surface area contributed by atoms with Crippen molar-refractivity contribution in [3.63, 3.8) is 0 Å². The summed E-state index contributed by atoms with van der Waals surface area (Å²) in [5, 5.41) is 0. The highest BCUT2D eigenvalue weighted by Crippen LogP contribution is 2.39. The minimum absolute atomic E-state index is 0.184. The summed E-state index contributed by atoms with van der Waals surface area (Å²) in [6.45, 7) is 5.86. The van der Waals surface area contributed by atoms with Gasteiger partial charge in [0.15, 0.2) is 6.04 Å². The summed E-state index contributed by atoms with van der Waals surface area (Å²) >= 11 is 0. The molecule has 0 spiro atoms. The van der Waals surface area contributed by atoms with Crippen LogP contribution in [0.1, 0.15) is 39.0 Å². The van der Waals surface area contributed by atoms with Crippen LogP contribution in [0, 0.1) is 5.92 Å². The first-order valence-electron chi connectivity index (χ1n) is 8.84. The van der Waals surface area contributed by atoms with Gasteiger partial charge in [-0.25, -0.2) is 0 Å². The van der Waals surface area contributed by atoms with Crippen LogP contribution < -0.4 is 4.90 Å². The van der Waals surface area contributed by atoms with Crippen LogP contribution in [0.2, 0.25) is 0 Å². The van der Waals surface area contributed by atoms with E-state index in [1.807, 2.05) is 42.3 Å². The molecule has 3 nitrogen and oxygen atoms in total. The Hall–Kier alpha value is -1.35. The second-order valence-corrected chi connectivity index (χ2v) is 7.17. The van der Waals surface area contributed by atoms with E-state index in [4.69, 9.17) is 0 Å². The van der Waals surface area contributed by atoms with Crippen molar-refractivity contribution in [1.29, 1.82) is 0 Å². The molecule has 2 bridgehead atoms. The number of carbonyl (C=O) groups excluding carboxylic acids is 1. The van der Waals surface area contributed by atoms with E-state index in [0.717, 1.165) is 22.5 Å². The highest BCUT2D eigenvalue weighted by atomic mass is 16.2. The third kappa shape index (κ3) is 2.79. The Labute approximate surface area is 134 Å². The molecular formula is C19H29N2O+. The lowest BCUT2D eigenvalue weighted by Gasteiger charge is -2.54. The minimum Gasteiger partial charge on any atom is -0.313 e. The van der Waals surface area contributed by atoms with Crippen LogP contribution in [0.25, 0.3) is 0 Å². The molecule has 3 saturated heterocycles. The minimum atomic E-state index is 0.184. The molecule has 1 aromatic carbocycles. The Morgan fingerprint density at radius 2 is 1.91 bits per heavy atom. The first-order valence-corrected chi connectivity index (χ1v) is 8.84. The second kappa shape index (κ2) is 6.41. The normalized spacial score (nSPS) is 30.3. The van der Waals surface area contributed by atoms with Gasteiger partial charge in [0.05, 0.1) is 19.6 Å². The first-order chi connectivity index (χ1) is 10.7. The summed E-state index contributed by atoms with van der Waals surface area (Å²) in [7, 11) is 1.94. The van der Waals surface area contributed by atoms with Gasteiger partial charge in [-0.1, -0.05) is 31.5 Å². The highest BCUT2D eigenvalue weighted by Gasteiger charge is 2.51. The number of carbonyl (C=O) groups is 1. The Balaban J connectivity index is 1.80. The third-order valence-electron chi connectivity index (χ3n) is 5.90. The smallest absolute Gasteiger partial charge is 0.285 e. The molecule has 3 aliphatic heterocycles. The van der Waals surface area contributed by atoms with Gasteiger partial charge in [0.25, 0.3) is 5.91 Å². The van der Waals surface area contributed by atoms with Crippen LogP contribution in [-0.2, 0) is 4.79 Å². The van der Waals surface area contributed by atoms with Gasteiger partial charge in [0.1, 0.15) is 0 Å². The number of para-hydroxylation sites is 1. The molecule has 1 atom stereocenters. The molecule has 3 heterocycles. The van der Waals surface area contributed by atoms with Gasteiger partial charge in [0, 0.05) is 19.2 Å². The van der Waals surface area contributed by atoms with Crippen LogP contribution >= 0.6 is 0 Å². The molecule has 3 aliphatic rings. The number of rotatable bonds is 5. The van der Waals surface area contributed by atoms with Gasteiger partial charge in [-0.2, -0.15) is 0 Å². The van der Waals surface area contributed by atoms with Crippen molar-refractivity contribution in [3.8, 4) is 0 Å². The summed E-state index contributed by atoms with van der Waals surface area (Å²) in [6.07, 6.45) is 6.20. The molecule has 120 valence electrons. The number of likely N-dealkylation sites (N-methyl/N-ethyl adjacent to an activating group) is 1. The molecule has 3 fully saturated rings. The van der Waals surface area contributed by atoms with Crippen LogP contribution in [0.3, 0.4) is 0 Å². The summed E-state index contributed by atoms with van der Waals surface area (Å²) in [5.74, 6) is 1.10. The molecule has 0 radical (unpaired) electrons. The number of amides is 1. The van der Waals surface area contributed by atoms with E-state index in [2.05, 4.69) is 6.92 Å². The standard InChI is InChI=1S/C19H29N2O/c1-3-4-12-21-13-10-16(11-14-21)15-18(21)19(22)20(2)17-8-6-5-7-9-17/h5-9,16,18H,3-4,10-15H2,1-2H3/q+1. The second-order valence-electron chi connectivity index (χ2n) is 7.17. The monoisotopic (exact) mass is 301 g/mol. The summed E-state index contributed by atoms with van der Waals surface area (Å²) < 4.78 is 1.06. The lowest BCUT2D eigenvalue weighted by molar-refractivity contribution is -0.957. The van der Waals surface area contributed by atoms with Gasteiger partial charge in [0.2, 0.25) is 0 Å². The average molecular weight is 301 g/mol. The van der Waals surface area contributed by atoms with Gasteiger partial charge >= 0.3 is 0 Å². The lowest BCUT2D eigenvalue weighted by Crippen LogP contribution is -2.68. The largest absolute Gasteiger partial charge is 0.313 e. The van der Waals surface area contributed by atoms with E-state index in [1.165, 1.54) is 45.3 Å². The zero-order valence-electron chi connectivity index (χ0n) is 14.0. The Kier molecular flexibility index (Phi) is 4.53. The summed E-state index contributed by atoms with van der Waals surface area (Å²) in [4.78, 5) is 15.1. The number of hydrogen-bond acceptors (Lipinski definition) is 1. The predicted molar refractivity (Wildman–Crippen MR) is 90.8 cm³/mol. The summed E-state index contributed by atoms with van der Waals surface area (Å²) in [6, 6.07) is 10.3. The number of unbranched alkanes of at least 4 members (excludes halogenated alkanes) is 1. The van der Waals surface area contributed by atoms with E-state index >= 15 is 0 Å². The Bertz CT molecular complexity index is 505. The molecule has 0 N–H and O–H groups in total. The van der Waals surface area contributed by atoms with E-state index in [0.29, 0.717) is 5.91 Å². The van der Waals surface area contributed by atoms with Gasteiger partial charge in [-0.3, -0.25) is 4.79 Å². The van der Waals surface area contributed by atoms with E-state index in [-0.39, 0.29) is 6.04 Å². The predicted octanol–water partition coefficient (Wildman–Crippen LogP) is 3.45. The highest BCUT2D eigenvalue weighted by molar-refractivity contribution is 5.96. The van der Waals surface area contributed by atoms with Crippen LogP contribution in [0.15, 0.2) is 30.3 Å². The fourth-order valence-corrected chi connectivity index (χ4v) is 4.41. The molecule has 22 heavy (non-hydrogen) atoms. The number of piperidine rings is 3. The average Bonchev–Trinajstić information content (AvgIpc) is 2.60. The van der Waals surface area contributed by atoms with E-state index < -0.39 is 0 Å². The maximum atomic E-state index is 13.2. The Morgan fingerprint density at radius 3 is 2.55 bits per heavy atom. The molecule has 0 aromatic heterocycles. The number of benzene rings is 1. The van der Waals surface area contributed by atoms with Crippen LogP contribution in [0.4, 0.5) is 5.69 Å². The topological polar surface area (TPSA) is 20.3 Å².